The summed E-state index contributed by atoms with van der Waals surface area (Å²) in [5.41, 5.74) is 17.3. The van der Waals surface area contributed by atoms with Gasteiger partial charge in [-0.15, -0.1) is 0 Å². The normalized spacial score (nSPS) is 11.3. The molecule has 0 atom stereocenters. The third-order valence-electron chi connectivity index (χ3n) is 12.8. The van der Waals surface area contributed by atoms with E-state index in [1.54, 1.807) is 0 Å². The lowest BCUT2D eigenvalue weighted by Crippen LogP contribution is -2.03. The molecule has 0 fully saturated rings. The average Bonchev–Trinajstić information content (AvgIpc) is 3.74. The fraction of sp³-hybridized carbons (Fsp3) is 0.0317. The summed E-state index contributed by atoms with van der Waals surface area (Å²) in [6.45, 7) is 4.26. The number of aromatic nitrogens is 6. The first-order chi connectivity index (χ1) is 34.0. The molecule has 0 aliphatic carbocycles. The Morgan fingerprint density at radius 1 is 0.275 bits per heavy atom. The minimum Gasteiger partial charge on any atom is -0.309 e. The molecule has 6 nitrogen and oxygen atoms in total. The number of fused-ring (bicyclic) bond motifs is 3. The highest BCUT2D eigenvalue weighted by Gasteiger charge is 2.22. The predicted molar refractivity (Wildman–Crippen MR) is 283 cm³/mol. The van der Waals surface area contributed by atoms with E-state index < -0.39 is 0 Å². The molecular weight excluding hydrogens is 841 g/mol. The molecule has 3 aromatic heterocycles. The molecule has 12 rings (SSSR count). The third kappa shape index (κ3) is 8.04. The van der Waals surface area contributed by atoms with Crippen molar-refractivity contribution in [1.29, 1.82) is 0 Å². The molecule has 0 saturated heterocycles. The second kappa shape index (κ2) is 17.6. The summed E-state index contributed by atoms with van der Waals surface area (Å²) in [6, 6.07) is 80.7. The fourth-order valence-electron chi connectivity index (χ4n) is 9.21. The van der Waals surface area contributed by atoms with Crippen molar-refractivity contribution in [1.82, 2.24) is 29.5 Å². The van der Waals surface area contributed by atoms with E-state index in [1.807, 2.05) is 84.9 Å². The maximum atomic E-state index is 5.44. The van der Waals surface area contributed by atoms with Crippen molar-refractivity contribution in [2.45, 2.75) is 13.8 Å². The van der Waals surface area contributed by atoms with Crippen LogP contribution in [0.15, 0.2) is 231 Å². The predicted octanol–water partition coefficient (Wildman–Crippen LogP) is 15.7. The minimum absolute atomic E-state index is 0.559. The Morgan fingerprint density at radius 2 is 0.652 bits per heavy atom. The second-order valence-electron chi connectivity index (χ2n) is 17.5. The fourth-order valence-corrected chi connectivity index (χ4v) is 9.21. The van der Waals surface area contributed by atoms with E-state index in [1.165, 1.54) is 22.3 Å². The Balaban J connectivity index is 1.15. The van der Waals surface area contributed by atoms with E-state index in [-0.39, 0.29) is 0 Å². The number of aryl methyl sites for hydroxylation is 2. The van der Waals surface area contributed by atoms with Crippen LogP contribution in [0.2, 0.25) is 0 Å². The maximum absolute atomic E-state index is 5.44. The highest BCUT2D eigenvalue weighted by Crippen LogP contribution is 2.41. The lowest BCUT2D eigenvalue weighted by Gasteiger charge is -2.17. The van der Waals surface area contributed by atoms with Crippen LogP contribution in [0.25, 0.3) is 118 Å². The van der Waals surface area contributed by atoms with Crippen molar-refractivity contribution in [2.24, 2.45) is 0 Å². The zero-order valence-electron chi connectivity index (χ0n) is 38.1. The highest BCUT2D eigenvalue weighted by atomic mass is 15.0. The summed E-state index contributed by atoms with van der Waals surface area (Å²) in [7, 11) is 0. The summed E-state index contributed by atoms with van der Waals surface area (Å²) in [5.74, 6) is 2.39. The molecule has 0 aliphatic rings. The smallest absolute Gasteiger partial charge is 0.164 e. The summed E-state index contributed by atoms with van der Waals surface area (Å²) in [4.78, 5) is 26.0. The van der Waals surface area contributed by atoms with E-state index in [0.29, 0.717) is 23.3 Å². The third-order valence-corrected chi connectivity index (χ3v) is 12.8. The first-order valence-corrected chi connectivity index (χ1v) is 23.2. The number of hydrogen-bond acceptors (Lipinski definition) is 5. The van der Waals surface area contributed by atoms with Crippen LogP contribution in [-0.4, -0.2) is 29.5 Å². The van der Waals surface area contributed by atoms with Gasteiger partial charge in [0, 0.05) is 44.2 Å². The molecule has 0 N–H and O–H groups in total. The van der Waals surface area contributed by atoms with E-state index in [0.717, 1.165) is 83.4 Å². The van der Waals surface area contributed by atoms with Crippen LogP contribution in [0.4, 0.5) is 0 Å². The van der Waals surface area contributed by atoms with Gasteiger partial charge in [-0.25, -0.2) is 24.9 Å². The van der Waals surface area contributed by atoms with Crippen LogP contribution in [-0.2, 0) is 0 Å². The van der Waals surface area contributed by atoms with Gasteiger partial charge in [0.15, 0.2) is 23.3 Å². The van der Waals surface area contributed by atoms with Crippen LogP contribution in [0, 0.1) is 13.8 Å². The lowest BCUT2D eigenvalue weighted by molar-refractivity contribution is 1.07. The summed E-state index contributed by atoms with van der Waals surface area (Å²) >= 11 is 0. The standard InChI is InChI=1S/C63H44N6/c1-41-23-27-43(28-24-41)49-31-34-57-52(37-49)53-38-50(44-29-25-42(2)26-30-44)32-35-58(53)69(57)59-36-33-51(63-67-61(47-19-11-5-12-20-47)66-62(68-63)48-21-13-6-14-22-48)39-54(59)56-40-55(45-15-7-3-8-16-45)64-60(65-56)46-17-9-4-10-18-46/h3-40H,1-2H3. The Bertz CT molecular complexity index is 3590. The van der Waals surface area contributed by atoms with Gasteiger partial charge in [0.1, 0.15) is 0 Å². The lowest BCUT2D eigenvalue weighted by atomic mass is 9.99. The molecule has 12 aromatic rings. The van der Waals surface area contributed by atoms with E-state index >= 15 is 0 Å². The van der Waals surface area contributed by atoms with Crippen LogP contribution >= 0.6 is 0 Å². The second-order valence-corrected chi connectivity index (χ2v) is 17.5. The van der Waals surface area contributed by atoms with Crippen molar-refractivity contribution in [3.05, 3.63) is 242 Å². The van der Waals surface area contributed by atoms with Crippen LogP contribution < -0.4 is 0 Å². The molecule has 326 valence electrons. The molecule has 0 aliphatic heterocycles. The molecule has 6 heteroatoms. The van der Waals surface area contributed by atoms with Crippen LogP contribution in [0.3, 0.4) is 0 Å². The van der Waals surface area contributed by atoms with E-state index in [2.05, 4.69) is 164 Å². The number of nitrogens with zero attached hydrogens (tertiary/aromatic N) is 6. The monoisotopic (exact) mass is 884 g/mol. The molecule has 3 heterocycles. The van der Waals surface area contributed by atoms with Gasteiger partial charge in [0.25, 0.3) is 0 Å². The topological polar surface area (TPSA) is 69.4 Å². The van der Waals surface area contributed by atoms with Crippen molar-refractivity contribution in [2.75, 3.05) is 0 Å². The van der Waals surface area contributed by atoms with Gasteiger partial charge in [0.05, 0.1) is 28.1 Å². The van der Waals surface area contributed by atoms with Crippen molar-refractivity contribution in [3.8, 4) is 96.0 Å². The molecular formula is C63H44N6. The summed E-state index contributed by atoms with van der Waals surface area (Å²) in [6.07, 6.45) is 0. The van der Waals surface area contributed by atoms with Gasteiger partial charge in [-0.3, -0.25) is 0 Å². The minimum atomic E-state index is 0.559. The Kier molecular flexibility index (Phi) is 10.5. The quantitative estimate of drug-likeness (QED) is 0.144. The van der Waals surface area contributed by atoms with Gasteiger partial charge in [-0.05, 0) is 84.6 Å². The first kappa shape index (κ1) is 41.3. The zero-order valence-corrected chi connectivity index (χ0v) is 38.1. The van der Waals surface area contributed by atoms with Crippen molar-refractivity contribution in [3.63, 3.8) is 0 Å². The number of benzene rings is 9. The van der Waals surface area contributed by atoms with E-state index in [9.17, 15) is 0 Å². The summed E-state index contributed by atoms with van der Waals surface area (Å²) < 4.78 is 2.40. The van der Waals surface area contributed by atoms with Gasteiger partial charge in [-0.2, -0.15) is 0 Å². The molecule has 0 bridgehead atoms. The Morgan fingerprint density at radius 3 is 1.12 bits per heavy atom. The van der Waals surface area contributed by atoms with Crippen molar-refractivity contribution < 1.29 is 0 Å². The molecule has 0 unspecified atom stereocenters. The molecule has 9 aromatic carbocycles. The maximum Gasteiger partial charge on any atom is 0.164 e. The highest BCUT2D eigenvalue weighted by molar-refractivity contribution is 6.12. The number of rotatable bonds is 9. The SMILES string of the molecule is Cc1ccc(-c2ccc3c(c2)c2cc(-c4ccc(C)cc4)ccc2n3-c2ccc(-c3nc(-c4ccccc4)nc(-c4ccccc4)n3)cc2-c2cc(-c3ccccc3)nc(-c3ccccc3)n2)cc1. The van der Waals surface area contributed by atoms with Gasteiger partial charge < -0.3 is 4.57 Å². The van der Waals surface area contributed by atoms with E-state index in [4.69, 9.17) is 24.9 Å². The van der Waals surface area contributed by atoms with Crippen LogP contribution in [0.5, 0.6) is 0 Å². The van der Waals surface area contributed by atoms with Crippen molar-refractivity contribution >= 4 is 21.8 Å². The largest absolute Gasteiger partial charge is 0.309 e. The molecule has 0 radical (unpaired) electrons. The van der Waals surface area contributed by atoms with Gasteiger partial charge in [-0.1, -0.05) is 193 Å². The summed E-state index contributed by atoms with van der Waals surface area (Å²) in [5, 5.41) is 2.31. The van der Waals surface area contributed by atoms with Crippen LogP contribution in [0.1, 0.15) is 11.1 Å². The molecule has 0 spiro atoms. The average molecular weight is 885 g/mol. The molecule has 69 heavy (non-hydrogen) atoms. The Hall–Kier alpha value is -9.13. The number of hydrogen-bond donors (Lipinski definition) is 0. The molecule has 0 saturated carbocycles. The van der Waals surface area contributed by atoms with Gasteiger partial charge >= 0.3 is 0 Å². The first-order valence-electron chi connectivity index (χ1n) is 23.2. The molecule has 0 amide bonds. The Labute approximate surface area is 401 Å². The van der Waals surface area contributed by atoms with Gasteiger partial charge in [0.2, 0.25) is 0 Å². The zero-order chi connectivity index (χ0) is 46.3.